The molecule has 4 heterocycles. The highest BCUT2D eigenvalue weighted by atomic mass is 19.3. The van der Waals surface area contributed by atoms with Gasteiger partial charge in [-0.05, 0) is 25.5 Å². The summed E-state index contributed by atoms with van der Waals surface area (Å²) >= 11 is 0. The Kier molecular flexibility index (Phi) is 3.59. The van der Waals surface area contributed by atoms with Crippen LogP contribution in [0.4, 0.5) is 8.78 Å². The molecule has 3 amide bonds. The minimum atomic E-state index is -2.98. The van der Waals surface area contributed by atoms with Crippen molar-refractivity contribution in [2.45, 2.75) is 43.6 Å². The van der Waals surface area contributed by atoms with Gasteiger partial charge in [-0.15, -0.1) is 0 Å². The zero-order valence-corrected chi connectivity index (χ0v) is 15.1. The van der Waals surface area contributed by atoms with E-state index in [2.05, 4.69) is 5.32 Å². The predicted octanol–water partition coefficient (Wildman–Crippen LogP) is 1.36. The van der Waals surface area contributed by atoms with E-state index >= 15 is 0 Å². The number of benzene rings is 1. The first-order chi connectivity index (χ1) is 13.4. The molecule has 0 aromatic heterocycles. The molecular formula is C19H19F2N3O4. The Morgan fingerprint density at radius 2 is 1.86 bits per heavy atom. The van der Waals surface area contributed by atoms with Crippen molar-refractivity contribution in [1.82, 2.24) is 15.3 Å². The largest absolute Gasteiger partial charge is 0.492 e. The number of carbonyl (C=O) groups is 3. The number of halogens is 2. The van der Waals surface area contributed by atoms with E-state index in [1.807, 2.05) is 0 Å². The molecule has 2 fully saturated rings. The summed E-state index contributed by atoms with van der Waals surface area (Å²) < 4.78 is 35.4. The maximum atomic E-state index is 14.8. The van der Waals surface area contributed by atoms with Crippen molar-refractivity contribution in [3.05, 3.63) is 28.8 Å². The van der Waals surface area contributed by atoms with Crippen LogP contribution < -0.4 is 10.1 Å². The van der Waals surface area contributed by atoms with Crippen molar-refractivity contribution in [3.8, 4) is 5.75 Å². The second-order valence-corrected chi connectivity index (χ2v) is 7.79. The summed E-state index contributed by atoms with van der Waals surface area (Å²) in [5.41, 5.74) is -0.252. The quantitative estimate of drug-likeness (QED) is 0.732. The molecule has 1 aromatic carbocycles. The molecule has 28 heavy (non-hydrogen) atoms. The van der Waals surface area contributed by atoms with Crippen molar-refractivity contribution >= 4 is 17.7 Å². The van der Waals surface area contributed by atoms with Gasteiger partial charge in [-0.3, -0.25) is 14.4 Å². The lowest BCUT2D eigenvalue weighted by Gasteiger charge is -2.40. The first kappa shape index (κ1) is 17.5. The molecule has 148 valence electrons. The molecule has 0 saturated carbocycles. The number of amides is 3. The van der Waals surface area contributed by atoms with Gasteiger partial charge in [-0.1, -0.05) is 6.07 Å². The molecule has 1 unspecified atom stereocenters. The average Bonchev–Trinajstić information content (AvgIpc) is 3.18. The SMILES string of the molecule is O=C1c2ccc3c(c2CN1N1C(=O)CCCC1=O)OCC31CCNCC1(F)F. The van der Waals surface area contributed by atoms with E-state index in [1.165, 1.54) is 6.07 Å². The molecule has 4 aliphatic heterocycles. The third-order valence-corrected chi connectivity index (χ3v) is 6.28. The fraction of sp³-hybridized carbons (Fsp3) is 0.526. The summed E-state index contributed by atoms with van der Waals surface area (Å²) in [6.45, 7) is -0.149. The topological polar surface area (TPSA) is 79.0 Å². The van der Waals surface area contributed by atoms with Crippen molar-refractivity contribution in [3.63, 3.8) is 0 Å². The highest BCUT2D eigenvalue weighted by Crippen LogP contribution is 2.53. The Balaban J connectivity index is 1.55. The fourth-order valence-corrected chi connectivity index (χ4v) is 4.74. The first-order valence-corrected chi connectivity index (χ1v) is 9.41. The number of piperidine rings is 2. The number of alkyl halides is 2. The lowest BCUT2D eigenvalue weighted by atomic mass is 9.71. The number of nitrogens with one attached hydrogen (secondary N) is 1. The van der Waals surface area contributed by atoms with Crippen LogP contribution in [0.1, 0.15) is 47.2 Å². The van der Waals surface area contributed by atoms with E-state index < -0.39 is 35.6 Å². The summed E-state index contributed by atoms with van der Waals surface area (Å²) in [6, 6.07) is 3.06. The van der Waals surface area contributed by atoms with Crippen LogP contribution in [-0.2, 0) is 21.5 Å². The third-order valence-electron chi connectivity index (χ3n) is 6.28. The van der Waals surface area contributed by atoms with Gasteiger partial charge < -0.3 is 10.1 Å². The molecule has 1 N–H and O–H groups in total. The molecule has 0 bridgehead atoms. The highest BCUT2D eigenvalue weighted by molar-refractivity contribution is 6.05. The van der Waals surface area contributed by atoms with Gasteiger partial charge in [-0.25, -0.2) is 13.8 Å². The van der Waals surface area contributed by atoms with Gasteiger partial charge in [0.1, 0.15) is 12.4 Å². The summed E-state index contributed by atoms with van der Waals surface area (Å²) in [4.78, 5) is 37.3. The van der Waals surface area contributed by atoms with E-state index in [0.717, 1.165) is 10.0 Å². The van der Waals surface area contributed by atoms with Gasteiger partial charge in [0, 0.05) is 24.0 Å². The van der Waals surface area contributed by atoms with Gasteiger partial charge in [0.05, 0.1) is 24.1 Å². The Hall–Kier alpha value is -2.55. The number of nitrogens with zero attached hydrogens (tertiary/aromatic N) is 2. The highest BCUT2D eigenvalue weighted by Gasteiger charge is 2.61. The van der Waals surface area contributed by atoms with Crippen LogP contribution in [0, 0.1) is 0 Å². The fourth-order valence-electron chi connectivity index (χ4n) is 4.74. The monoisotopic (exact) mass is 391 g/mol. The molecule has 9 heteroatoms. The molecule has 0 aliphatic carbocycles. The van der Waals surface area contributed by atoms with Gasteiger partial charge in [0.2, 0.25) is 11.8 Å². The number of rotatable bonds is 1. The Morgan fingerprint density at radius 1 is 1.11 bits per heavy atom. The van der Waals surface area contributed by atoms with Crippen molar-refractivity contribution in [2.75, 3.05) is 19.7 Å². The minimum absolute atomic E-state index is 0.0330. The van der Waals surface area contributed by atoms with Crippen LogP contribution in [0.3, 0.4) is 0 Å². The molecule has 5 rings (SSSR count). The van der Waals surface area contributed by atoms with Gasteiger partial charge in [0.15, 0.2) is 0 Å². The van der Waals surface area contributed by atoms with Crippen LogP contribution in [0.25, 0.3) is 0 Å². The second kappa shape index (κ2) is 5.73. The van der Waals surface area contributed by atoms with Crippen LogP contribution in [0.2, 0.25) is 0 Å². The third kappa shape index (κ3) is 2.13. The van der Waals surface area contributed by atoms with E-state index in [4.69, 9.17) is 4.74 Å². The van der Waals surface area contributed by atoms with Crippen LogP contribution in [0.5, 0.6) is 5.75 Å². The number of imide groups is 1. The molecule has 2 saturated heterocycles. The summed E-state index contributed by atoms with van der Waals surface area (Å²) in [7, 11) is 0. The maximum absolute atomic E-state index is 14.8. The van der Waals surface area contributed by atoms with Crippen LogP contribution in [0.15, 0.2) is 12.1 Å². The van der Waals surface area contributed by atoms with Gasteiger partial charge in [-0.2, -0.15) is 5.01 Å². The zero-order valence-electron chi connectivity index (χ0n) is 15.1. The standard InChI is InChI=1S/C19H19F2N3O4/c20-19(21)9-22-7-6-18(19)10-28-16-12-8-23(17(27)11(12)4-5-13(16)18)24-14(25)2-1-3-15(24)26/h4-5,22H,1-3,6-10H2. The number of carbonyl (C=O) groups excluding carboxylic acids is 3. The van der Waals surface area contributed by atoms with Gasteiger partial charge in [0.25, 0.3) is 11.8 Å². The molecule has 7 nitrogen and oxygen atoms in total. The second-order valence-electron chi connectivity index (χ2n) is 7.79. The first-order valence-electron chi connectivity index (χ1n) is 9.41. The predicted molar refractivity (Wildman–Crippen MR) is 91.6 cm³/mol. The number of ether oxygens (including phenoxy) is 1. The normalized spacial score (nSPS) is 28.6. The summed E-state index contributed by atoms with van der Waals surface area (Å²) in [5, 5.41) is 4.75. The number of hydrogen-bond acceptors (Lipinski definition) is 5. The lowest BCUT2D eigenvalue weighted by Crippen LogP contribution is -2.57. The van der Waals surface area contributed by atoms with Crippen molar-refractivity contribution < 1.29 is 27.9 Å². The average molecular weight is 391 g/mol. The Bertz CT molecular complexity index is 903. The van der Waals surface area contributed by atoms with Crippen molar-refractivity contribution in [1.29, 1.82) is 0 Å². The number of hydrazine groups is 1. The maximum Gasteiger partial charge on any atom is 0.273 e. The molecule has 1 aromatic rings. The smallest absolute Gasteiger partial charge is 0.273 e. The number of hydrogen-bond donors (Lipinski definition) is 1. The van der Waals surface area contributed by atoms with Crippen LogP contribution in [-0.4, -0.2) is 53.4 Å². The minimum Gasteiger partial charge on any atom is -0.492 e. The van der Waals surface area contributed by atoms with E-state index in [1.54, 1.807) is 6.07 Å². The molecule has 0 radical (unpaired) electrons. The van der Waals surface area contributed by atoms with Crippen LogP contribution >= 0.6 is 0 Å². The summed E-state index contributed by atoms with van der Waals surface area (Å²) in [5.74, 6) is -4.01. The molecule has 1 spiro atoms. The van der Waals surface area contributed by atoms with Gasteiger partial charge >= 0.3 is 0 Å². The number of fused-ring (bicyclic) bond motifs is 4. The lowest BCUT2D eigenvalue weighted by molar-refractivity contribution is -0.163. The molecule has 1 atom stereocenters. The molecule has 4 aliphatic rings. The van der Waals surface area contributed by atoms with E-state index in [0.29, 0.717) is 35.4 Å². The summed E-state index contributed by atoms with van der Waals surface area (Å²) in [6.07, 6.45) is 1.09. The van der Waals surface area contributed by atoms with Crippen molar-refractivity contribution in [2.24, 2.45) is 0 Å². The van der Waals surface area contributed by atoms with E-state index in [9.17, 15) is 23.2 Å². The Labute approximate surface area is 159 Å². The molecular weight excluding hydrogens is 372 g/mol. The Morgan fingerprint density at radius 3 is 2.57 bits per heavy atom. The zero-order chi connectivity index (χ0) is 19.7. The van der Waals surface area contributed by atoms with E-state index in [-0.39, 0.29) is 32.4 Å².